The molecular formula is C19H21N5O2. The van der Waals surface area contributed by atoms with Gasteiger partial charge in [-0.15, -0.1) is 0 Å². The molecule has 26 heavy (non-hydrogen) atoms. The molecule has 2 aromatic heterocycles. The van der Waals surface area contributed by atoms with Gasteiger partial charge in [0, 0.05) is 37.4 Å². The van der Waals surface area contributed by atoms with Crippen LogP contribution < -0.4 is 5.32 Å². The minimum absolute atomic E-state index is 0.0572. The summed E-state index contributed by atoms with van der Waals surface area (Å²) < 4.78 is 5.46. The van der Waals surface area contributed by atoms with Gasteiger partial charge < -0.3 is 10.1 Å². The van der Waals surface area contributed by atoms with Crippen molar-refractivity contribution >= 4 is 16.8 Å². The molecular weight excluding hydrogens is 330 g/mol. The van der Waals surface area contributed by atoms with Crippen LogP contribution in [0.4, 0.5) is 0 Å². The molecule has 7 nitrogen and oxygen atoms in total. The van der Waals surface area contributed by atoms with Gasteiger partial charge >= 0.3 is 0 Å². The first-order valence-electron chi connectivity index (χ1n) is 8.76. The first-order valence-corrected chi connectivity index (χ1v) is 8.76. The average Bonchev–Trinajstić information content (AvgIpc) is 3.14. The SMILES string of the molecule is O=C(NC[C@@H](c1cccnc1)N1CCOCC1)c1n[nH]c2ccccc12. The van der Waals surface area contributed by atoms with Crippen molar-refractivity contribution < 1.29 is 9.53 Å². The smallest absolute Gasteiger partial charge is 0.272 e. The summed E-state index contributed by atoms with van der Waals surface area (Å²) in [5.74, 6) is -0.176. The van der Waals surface area contributed by atoms with E-state index in [1.807, 2.05) is 42.6 Å². The lowest BCUT2D eigenvalue weighted by molar-refractivity contribution is 0.0161. The zero-order chi connectivity index (χ0) is 17.8. The number of nitrogens with zero attached hydrogens (tertiary/aromatic N) is 3. The van der Waals surface area contributed by atoms with Gasteiger partial charge in [-0.2, -0.15) is 5.10 Å². The van der Waals surface area contributed by atoms with E-state index in [1.54, 1.807) is 6.20 Å². The number of ether oxygens (including phenoxy) is 1. The van der Waals surface area contributed by atoms with Crippen LogP contribution in [0.1, 0.15) is 22.1 Å². The van der Waals surface area contributed by atoms with Crippen LogP contribution in [-0.2, 0) is 4.74 Å². The van der Waals surface area contributed by atoms with Crippen molar-refractivity contribution in [1.82, 2.24) is 25.4 Å². The molecule has 1 amide bonds. The number of aromatic nitrogens is 3. The van der Waals surface area contributed by atoms with Gasteiger partial charge in [-0.1, -0.05) is 24.3 Å². The summed E-state index contributed by atoms with van der Waals surface area (Å²) in [6, 6.07) is 11.6. The van der Waals surface area contributed by atoms with E-state index in [1.165, 1.54) is 0 Å². The van der Waals surface area contributed by atoms with Crippen molar-refractivity contribution in [2.24, 2.45) is 0 Å². The fourth-order valence-corrected chi connectivity index (χ4v) is 3.33. The third-order valence-corrected chi connectivity index (χ3v) is 4.70. The molecule has 4 rings (SSSR count). The highest BCUT2D eigenvalue weighted by Crippen LogP contribution is 2.21. The van der Waals surface area contributed by atoms with Crippen molar-refractivity contribution in [1.29, 1.82) is 0 Å². The molecule has 0 bridgehead atoms. The fourth-order valence-electron chi connectivity index (χ4n) is 3.33. The highest BCUT2D eigenvalue weighted by molar-refractivity contribution is 6.04. The number of amides is 1. The van der Waals surface area contributed by atoms with E-state index < -0.39 is 0 Å². The van der Waals surface area contributed by atoms with Crippen molar-refractivity contribution in [2.45, 2.75) is 6.04 Å². The standard InChI is InChI=1S/C19H21N5O2/c25-19(18-15-5-1-2-6-16(15)22-23-18)21-13-17(14-4-3-7-20-12-14)24-8-10-26-11-9-24/h1-7,12,17H,8-11,13H2,(H,21,25)(H,22,23)/t17-/m0/s1. The molecule has 1 aliphatic rings. The summed E-state index contributed by atoms with van der Waals surface area (Å²) in [5, 5.41) is 10.9. The first kappa shape index (κ1) is 16.7. The Morgan fingerprint density at radius 1 is 1.23 bits per heavy atom. The second-order valence-corrected chi connectivity index (χ2v) is 6.28. The molecule has 134 valence electrons. The van der Waals surface area contributed by atoms with E-state index in [4.69, 9.17) is 4.74 Å². The number of fused-ring (bicyclic) bond motifs is 1. The van der Waals surface area contributed by atoms with Crippen LogP contribution in [0.25, 0.3) is 10.9 Å². The molecule has 1 fully saturated rings. The molecule has 0 unspecified atom stereocenters. The molecule has 1 aromatic carbocycles. The molecule has 0 saturated carbocycles. The van der Waals surface area contributed by atoms with E-state index >= 15 is 0 Å². The van der Waals surface area contributed by atoms with Crippen LogP contribution in [0.5, 0.6) is 0 Å². The van der Waals surface area contributed by atoms with E-state index in [2.05, 4.69) is 25.4 Å². The summed E-state index contributed by atoms with van der Waals surface area (Å²) in [6.07, 6.45) is 3.62. The molecule has 3 aromatic rings. The number of para-hydroxylation sites is 1. The lowest BCUT2D eigenvalue weighted by atomic mass is 10.1. The molecule has 1 atom stereocenters. The zero-order valence-corrected chi connectivity index (χ0v) is 14.4. The summed E-state index contributed by atoms with van der Waals surface area (Å²) in [4.78, 5) is 19.2. The maximum atomic E-state index is 12.7. The van der Waals surface area contributed by atoms with Gasteiger partial charge in [-0.25, -0.2) is 0 Å². The maximum absolute atomic E-state index is 12.7. The largest absolute Gasteiger partial charge is 0.379 e. The summed E-state index contributed by atoms with van der Waals surface area (Å²) in [5.41, 5.74) is 2.36. The highest BCUT2D eigenvalue weighted by atomic mass is 16.5. The number of aromatic amines is 1. The predicted octanol–water partition coefficient (Wildman–Crippen LogP) is 1.76. The summed E-state index contributed by atoms with van der Waals surface area (Å²) >= 11 is 0. The number of H-pyrrole nitrogens is 1. The number of benzene rings is 1. The van der Waals surface area contributed by atoms with Crippen LogP contribution >= 0.6 is 0 Å². The third kappa shape index (κ3) is 3.44. The molecule has 1 aliphatic heterocycles. The molecule has 7 heteroatoms. The third-order valence-electron chi connectivity index (χ3n) is 4.70. The highest BCUT2D eigenvalue weighted by Gasteiger charge is 2.24. The van der Waals surface area contributed by atoms with Gasteiger partial charge in [0.2, 0.25) is 0 Å². The molecule has 0 radical (unpaired) electrons. The number of pyridine rings is 1. The van der Waals surface area contributed by atoms with Crippen molar-refractivity contribution in [3.63, 3.8) is 0 Å². The lowest BCUT2D eigenvalue weighted by Crippen LogP contribution is -2.43. The number of hydrogen-bond acceptors (Lipinski definition) is 5. The van der Waals surface area contributed by atoms with Crippen LogP contribution in [0.2, 0.25) is 0 Å². The average molecular weight is 351 g/mol. The molecule has 3 heterocycles. The van der Waals surface area contributed by atoms with E-state index in [9.17, 15) is 4.79 Å². The summed E-state index contributed by atoms with van der Waals surface area (Å²) in [6.45, 7) is 3.57. The number of rotatable bonds is 5. The quantitative estimate of drug-likeness (QED) is 0.732. The molecule has 0 aliphatic carbocycles. The Morgan fingerprint density at radius 3 is 2.88 bits per heavy atom. The van der Waals surface area contributed by atoms with Crippen LogP contribution in [0.15, 0.2) is 48.8 Å². The maximum Gasteiger partial charge on any atom is 0.272 e. The van der Waals surface area contributed by atoms with Gasteiger partial charge in [-0.3, -0.25) is 19.8 Å². The van der Waals surface area contributed by atoms with Gasteiger partial charge in [0.1, 0.15) is 0 Å². The number of morpholine rings is 1. The van der Waals surface area contributed by atoms with Gasteiger partial charge in [-0.05, 0) is 17.7 Å². The second-order valence-electron chi connectivity index (χ2n) is 6.28. The Balaban J connectivity index is 1.51. The van der Waals surface area contributed by atoms with Gasteiger partial charge in [0.05, 0.1) is 24.8 Å². The van der Waals surface area contributed by atoms with Gasteiger partial charge in [0.15, 0.2) is 5.69 Å². The molecule has 1 saturated heterocycles. The summed E-state index contributed by atoms with van der Waals surface area (Å²) in [7, 11) is 0. The Kier molecular flexibility index (Phi) is 4.90. The fraction of sp³-hybridized carbons (Fsp3) is 0.316. The molecule has 2 N–H and O–H groups in total. The number of carbonyl (C=O) groups is 1. The Hall–Kier alpha value is -2.77. The number of hydrogen-bond donors (Lipinski definition) is 2. The topological polar surface area (TPSA) is 83.1 Å². The number of nitrogens with one attached hydrogen (secondary N) is 2. The van der Waals surface area contributed by atoms with E-state index in [0.29, 0.717) is 25.5 Å². The first-order chi connectivity index (χ1) is 12.8. The zero-order valence-electron chi connectivity index (χ0n) is 14.4. The van der Waals surface area contributed by atoms with Crippen LogP contribution in [-0.4, -0.2) is 58.8 Å². The minimum Gasteiger partial charge on any atom is -0.379 e. The Bertz CT molecular complexity index is 874. The predicted molar refractivity (Wildman–Crippen MR) is 97.8 cm³/mol. The van der Waals surface area contributed by atoms with Crippen LogP contribution in [0.3, 0.4) is 0 Å². The monoisotopic (exact) mass is 351 g/mol. The normalized spacial score (nSPS) is 16.5. The number of carbonyl (C=O) groups excluding carboxylic acids is 1. The Labute approximate surface area is 151 Å². The van der Waals surface area contributed by atoms with Crippen molar-refractivity contribution in [3.05, 3.63) is 60.0 Å². The minimum atomic E-state index is -0.176. The Morgan fingerprint density at radius 2 is 2.08 bits per heavy atom. The van der Waals surface area contributed by atoms with Crippen molar-refractivity contribution in [2.75, 3.05) is 32.8 Å². The van der Waals surface area contributed by atoms with Crippen molar-refractivity contribution in [3.8, 4) is 0 Å². The van der Waals surface area contributed by atoms with E-state index in [0.717, 1.165) is 29.6 Å². The van der Waals surface area contributed by atoms with E-state index in [-0.39, 0.29) is 11.9 Å². The second kappa shape index (κ2) is 7.63. The molecule has 0 spiro atoms. The van der Waals surface area contributed by atoms with Gasteiger partial charge in [0.25, 0.3) is 5.91 Å². The van der Waals surface area contributed by atoms with Crippen LogP contribution in [0, 0.1) is 0 Å². The lowest BCUT2D eigenvalue weighted by Gasteiger charge is -2.34.